The van der Waals surface area contributed by atoms with Crippen LogP contribution in [0.15, 0.2) is 0 Å². The second kappa shape index (κ2) is 10.3. The maximum absolute atomic E-state index is 10.1. The summed E-state index contributed by atoms with van der Waals surface area (Å²) in [7, 11) is 0. The fourth-order valence-corrected chi connectivity index (χ4v) is 1.50. The normalized spacial score (nSPS) is 19.4. The molecule has 1 heterocycles. The van der Waals surface area contributed by atoms with E-state index in [1.165, 1.54) is 0 Å². The zero-order chi connectivity index (χ0) is 13.4. The fourth-order valence-electron chi connectivity index (χ4n) is 1.50. The monoisotopic (exact) mass is 310 g/mol. The van der Waals surface area contributed by atoms with Crippen LogP contribution < -0.4 is 11.1 Å². The van der Waals surface area contributed by atoms with Crippen molar-refractivity contribution in [1.29, 1.82) is 0 Å². The van der Waals surface area contributed by atoms with Gasteiger partial charge in [-0.15, -0.1) is 0 Å². The molecule has 1 aliphatic rings. The van der Waals surface area contributed by atoms with Gasteiger partial charge in [0.05, 0.1) is 0 Å². The first kappa shape index (κ1) is 19.7. The van der Waals surface area contributed by atoms with E-state index in [2.05, 4.69) is 5.32 Å². The summed E-state index contributed by atoms with van der Waals surface area (Å²) in [4.78, 5) is 20.2. The second-order valence-electron chi connectivity index (χ2n) is 4.56. The Hall–Kier alpha value is -0.621. The van der Waals surface area contributed by atoms with Gasteiger partial charge in [0.1, 0.15) is 12.1 Å². The summed E-state index contributed by atoms with van der Waals surface area (Å²) in [5.74, 6) is -1.28. The van der Waals surface area contributed by atoms with E-state index in [9.17, 15) is 9.59 Å². The van der Waals surface area contributed by atoms with Gasteiger partial charge in [-0.3, -0.25) is 9.59 Å². The average Bonchev–Trinajstić information content (AvgIpc) is 2.69. The summed E-state index contributed by atoms with van der Waals surface area (Å²) in [6.45, 7) is 4.75. The summed E-state index contributed by atoms with van der Waals surface area (Å²) in [6.07, 6.45) is 2.33. The molecule has 0 aliphatic carbocycles. The first-order chi connectivity index (χ1) is 7.84. The predicted octanol–water partition coefficient (Wildman–Crippen LogP) is -0.00280. The zero-order valence-corrected chi connectivity index (χ0v) is 11.7. The van der Waals surface area contributed by atoms with Gasteiger partial charge in [0.25, 0.3) is 0 Å². The molecule has 7 heteroatoms. The van der Waals surface area contributed by atoms with Crippen LogP contribution in [-0.2, 0) is 26.7 Å². The maximum atomic E-state index is 10.1. The van der Waals surface area contributed by atoms with Gasteiger partial charge in [0.2, 0.25) is 0 Å². The summed E-state index contributed by atoms with van der Waals surface area (Å²) in [5, 5.41) is 19.5. The van der Waals surface area contributed by atoms with Gasteiger partial charge < -0.3 is 21.3 Å². The third-order valence-electron chi connectivity index (χ3n) is 2.40. The number of rotatable bonds is 4. The van der Waals surface area contributed by atoms with E-state index in [1.807, 2.05) is 13.8 Å². The van der Waals surface area contributed by atoms with Crippen LogP contribution in [-0.4, -0.2) is 40.8 Å². The Morgan fingerprint density at radius 3 is 2.11 bits per heavy atom. The molecule has 0 bridgehead atoms. The van der Waals surface area contributed by atoms with Crippen molar-refractivity contribution in [2.24, 2.45) is 11.7 Å². The molecule has 1 fully saturated rings. The van der Waals surface area contributed by atoms with E-state index in [4.69, 9.17) is 15.9 Å². The van der Waals surface area contributed by atoms with Gasteiger partial charge in [-0.1, -0.05) is 13.8 Å². The van der Waals surface area contributed by atoms with E-state index >= 15 is 0 Å². The molecule has 6 nitrogen and oxygen atoms in total. The molecule has 0 amide bonds. The van der Waals surface area contributed by atoms with Crippen molar-refractivity contribution in [2.75, 3.05) is 6.54 Å². The molecule has 0 aromatic carbocycles. The molecule has 2 atom stereocenters. The van der Waals surface area contributed by atoms with Crippen LogP contribution in [0.2, 0.25) is 0 Å². The van der Waals surface area contributed by atoms with Crippen molar-refractivity contribution in [3.05, 3.63) is 0 Å². The molecular weight excluding hydrogens is 288 g/mol. The van der Waals surface area contributed by atoms with Crippen LogP contribution in [0.4, 0.5) is 0 Å². The minimum atomic E-state index is -0.913. The Morgan fingerprint density at radius 1 is 1.39 bits per heavy atom. The minimum absolute atomic E-state index is 0. The van der Waals surface area contributed by atoms with Crippen molar-refractivity contribution in [3.8, 4) is 0 Å². The number of carboxylic acids is 2. The van der Waals surface area contributed by atoms with Crippen molar-refractivity contribution in [3.63, 3.8) is 0 Å². The van der Waals surface area contributed by atoms with Crippen LogP contribution >= 0.6 is 0 Å². The molecule has 0 aromatic heterocycles. The molecule has 0 unspecified atom stereocenters. The molecule has 0 spiro atoms. The van der Waals surface area contributed by atoms with Crippen LogP contribution in [0.5, 0.6) is 0 Å². The summed E-state index contributed by atoms with van der Waals surface area (Å²) in [6, 6.07) is -0.958. The first-order valence-corrected chi connectivity index (χ1v) is 5.79. The van der Waals surface area contributed by atoms with Gasteiger partial charge >= 0.3 is 29.0 Å². The predicted molar refractivity (Wildman–Crippen MR) is 65.1 cm³/mol. The number of hydrogen-bond donors (Lipinski definition) is 4. The number of hydrogen-bond acceptors (Lipinski definition) is 4. The van der Waals surface area contributed by atoms with E-state index < -0.39 is 18.0 Å². The van der Waals surface area contributed by atoms with Crippen molar-refractivity contribution < 1.29 is 36.9 Å². The van der Waals surface area contributed by atoms with Gasteiger partial charge in [-0.25, -0.2) is 0 Å². The summed E-state index contributed by atoms with van der Waals surface area (Å²) in [5.41, 5.74) is 5.22. The van der Waals surface area contributed by atoms with E-state index in [1.54, 1.807) is 0 Å². The van der Waals surface area contributed by atoms with Gasteiger partial charge in [0, 0.05) is 0 Å². The van der Waals surface area contributed by atoms with Crippen molar-refractivity contribution in [2.45, 2.75) is 45.2 Å². The fraction of sp³-hybridized carbons (Fsp3) is 0.818. The molecule has 111 valence electrons. The number of nitrogens with one attached hydrogen (secondary N) is 1. The van der Waals surface area contributed by atoms with Crippen LogP contribution in [0, 0.1) is 5.92 Å². The van der Waals surface area contributed by atoms with Gasteiger partial charge in [0.15, 0.2) is 0 Å². The molecule has 5 N–H and O–H groups in total. The molecule has 1 rings (SSSR count). The number of carboxylic acid groups (broad SMARTS) is 2. The van der Waals surface area contributed by atoms with Crippen LogP contribution in [0.25, 0.3) is 0 Å². The summed E-state index contributed by atoms with van der Waals surface area (Å²) < 4.78 is 0. The third-order valence-corrected chi connectivity index (χ3v) is 2.40. The van der Waals surface area contributed by atoms with Gasteiger partial charge in [-0.2, -0.15) is 0 Å². The standard InChI is InChI=1S/C6H13NO2.C5H9NO2.Cu.H/c1-4(2)3-5(7)6(8)9;7-5(8)4-2-1-3-6-4;;/h4-5H,3,7H2,1-2H3,(H,8,9);4,6H,1-3H2,(H,7,8);;/q;;+1;/t5-;4-;;/m00../s1. The topological polar surface area (TPSA) is 113 Å². The molecule has 0 saturated carbocycles. The molecule has 1 saturated heterocycles. The molecular formula is C11H23CuN2O4+. The third kappa shape index (κ3) is 9.41. The van der Waals surface area contributed by atoms with Crippen LogP contribution in [0.1, 0.15) is 33.1 Å². The average molecular weight is 311 g/mol. The number of nitrogens with two attached hydrogens (primary N) is 1. The Labute approximate surface area is 118 Å². The Balaban J connectivity index is 0. The second-order valence-corrected chi connectivity index (χ2v) is 4.56. The molecule has 0 radical (unpaired) electrons. The molecule has 18 heavy (non-hydrogen) atoms. The molecule has 1 aliphatic heterocycles. The Morgan fingerprint density at radius 2 is 1.94 bits per heavy atom. The number of carbonyl (C=O) groups is 2. The zero-order valence-electron chi connectivity index (χ0n) is 10.7. The van der Waals surface area contributed by atoms with E-state index in [-0.39, 0.29) is 23.1 Å². The Kier molecular flexibility index (Phi) is 11.3. The van der Waals surface area contributed by atoms with E-state index in [0.717, 1.165) is 19.4 Å². The number of aliphatic carboxylic acids is 2. The Bertz CT molecular complexity index is 255. The van der Waals surface area contributed by atoms with Crippen LogP contribution in [0.3, 0.4) is 0 Å². The van der Waals surface area contributed by atoms with E-state index in [0.29, 0.717) is 12.3 Å². The van der Waals surface area contributed by atoms with Gasteiger partial charge in [-0.05, 0) is 31.7 Å². The first-order valence-electron chi connectivity index (χ1n) is 5.79. The molecule has 0 aromatic rings. The SMILES string of the molecule is CC(C)C[C@H](N)C(=O)O.O=C(O)[C@@H]1CCCN1.[CuH+]. The quantitative estimate of drug-likeness (QED) is 0.544. The van der Waals surface area contributed by atoms with Crippen molar-refractivity contribution in [1.82, 2.24) is 5.32 Å². The summed E-state index contributed by atoms with van der Waals surface area (Å²) >= 11 is 0. The van der Waals surface area contributed by atoms with Crippen molar-refractivity contribution >= 4 is 11.9 Å².